The molecule has 142 valence electrons. The van der Waals surface area contributed by atoms with Gasteiger partial charge in [-0.2, -0.15) is 0 Å². The van der Waals surface area contributed by atoms with Crippen LogP contribution in [-0.2, 0) is 4.79 Å². The zero-order chi connectivity index (χ0) is 19.2. The number of benzene rings is 2. The number of ketones is 1. The number of hydrogen-bond acceptors (Lipinski definition) is 4. The Morgan fingerprint density at radius 1 is 1.04 bits per heavy atom. The molecule has 2 N–H and O–H groups in total. The zero-order valence-corrected chi connectivity index (χ0v) is 15.6. The Morgan fingerprint density at radius 3 is 2.41 bits per heavy atom. The van der Waals surface area contributed by atoms with Crippen LogP contribution in [0.3, 0.4) is 0 Å². The molecule has 5 nitrogen and oxygen atoms in total. The molecule has 1 saturated heterocycles. The molecule has 1 heterocycles. The number of carbonyl (C=O) groups is 2. The third-order valence-electron chi connectivity index (χ3n) is 5.15. The fourth-order valence-electron chi connectivity index (χ4n) is 3.57. The van der Waals surface area contributed by atoms with Crippen LogP contribution in [0.2, 0.25) is 0 Å². The molecular weight excluding hydrogens is 340 g/mol. The van der Waals surface area contributed by atoms with Crippen LogP contribution in [0.25, 0.3) is 0 Å². The molecule has 1 fully saturated rings. The average molecular weight is 366 g/mol. The summed E-state index contributed by atoms with van der Waals surface area (Å²) in [7, 11) is 1.59. The smallest absolute Gasteiger partial charge is 0.222 e. The van der Waals surface area contributed by atoms with Crippen molar-refractivity contribution in [3.63, 3.8) is 0 Å². The second-order valence-corrected chi connectivity index (χ2v) is 6.98. The SMILES string of the molecule is COc1ccc(C(=O)CCCC(=O)N2C[C@@H](N)[C@H](c3ccccc3)C2)cc1. The number of hydrogen-bond donors (Lipinski definition) is 1. The lowest BCUT2D eigenvalue weighted by Gasteiger charge is -2.16. The Labute approximate surface area is 160 Å². The molecule has 1 aliphatic rings. The molecule has 3 rings (SSSR count). The quantitative estimate of drug-likeness (QED) is 0.765. The van der Waals surface area contributed by atoms with Gasteiger partial charge in [0.25, 0.3) is 0 Å². The summed E-state index contributed by atoms with van der Waals surface area (Å²) in [5.74, 6) is 1.02. The molecule has 1 amide bonds. The predicted octanol–water partition coefficient (Wildman–Crippen LogP) is 3.00. The Morgan fingerprint density at radius 2 is 1.74 bits per heavy atom. The summed E-state index contributed by atoms with van der Waals surface area (Å²) in [5, 5.41) is 0. The number of methoxy groups -OCH3 is 1. The van der Waals surface area contributed by atoms with Crippen molar-refractivity contribution in [1.29, 1.82) is 0 Å². The summed E-state index contributed by atoms with van der Waals surface area (Å²) >= 11 is 0. The lowest BCUT2D eigenvalue weighted by molar-refractivity contribution is -0.130. The normalized spacial score (nSPS) is 19.1. The highest BCUT2D eigenvalue weighted by Gasteiger charge is 2.33. The molecule has 2 aromatic carbocycles. The van der Waals surface area contributed by atoms with Crippen LogP contribution in [0, 0.1) is 0 Å². The summed E-state index contributed by atoms with van der Waals surface area (Å²) in [6, 6.07) is 17.1. The topological polar surface area (TPSA) is 72.6 Å². The molecule has 0 aliphatic carbocycles. The number of rotatable bonds is 7. The maximum atomic E-state index is 12.5. The Bertz CT molecular complexity index is 774. The van der Waals surface area contributed by atoms with Crippen molar-refractivity contribution in [2.24, 2.45) is 5.73 Å². The van der Waals surface area contributed by atoms with Crippen LogP contribution < -0.4 is 10.5 Å². The number of nitrogens with two attached hydrogens (primary N) is 1. The van der Waals surface area contributed by atoms with Crippen molar-refractivity contribution in [3.8, 4) is 5.75 Å². The van der Waals surface area contributed by atoms with E-state index in [2.05, 4.69) is 12.1 Å². The van der Waals surface area contributed by atoms with Gasteiger partial charge in [-0.25, -0.2) is 0 Å². The minimum Gasteiger partial charge on any atom is -0.497 e. The summed E-state index contributed by atoms with van der Waals surface area (Å²) in [6.07, 6.45) is 1.28. The molecule has 2 atom stereocenters. The van der Waals surface area contributed by atoms with Crippen molar-refractivity contribution in [3.05, 3.63) is 65.7 Å². The van der Waals surface area contributed by atoms with Gasteiger partial charge in [0, 0.05) is 43.5 Å². The average Bonchev–Trinajstić information content (AvgIpc) is 3.10. The van der Waals surface area contributed by atoms with E-state index in [0.29, 0.717) is 37.9 Å². The first-order chi connectivity index (χ1) is 13.1. The lowest BCUT2D eigenvalue weighted by Crippen LogP contribution is -2.32. The minimum atomic E-state index is -0.0442. The van der Waals surface area contributed by atoms with Gasteiger partial charge in [0.15, 0.2) is 5.78 Å². The first-order valence-corrected chi connectivity index (χ1v) is 9.34. The van der Waals surface area contributed by atoms with Crippen LogP contribution in [-0.4, -0.2) is 42.8 Å². The van der Waals surface area contributed by atoms with E-state index in [9.17, 15) is 9.59 Å². The molecule has 2 aromatic rings. The molecule has 0 saturated carbocycles. The van der Waals surface area contributed by atoms with E-state index in [1.54, 1.807) is 31.4 Å². The second kappa shape index (κ2) is 8.82. The highest BCUT2D eigenvalue weighted by Crippen LogP contribution is 2.27. The van der Waals surface area contributed by atoms with Crippen molar-refractivity contribution >= 4 is 11.7 Å². The van der Waals surface area contributed by atoms with Gasteiger partial charge in [-0.1, -0.05) is 30.3 Å². The maximum absolute atomic E-state index is 12.5. The fourth-order valence-corrected chi connectivity index (χ4v) is 3.57. The Kier molecular flexibility index (Phi) is 6.24. The molecule has 27 heavy (non-hydrogen) atoms. The van der Waals surface area contributed by atoms with Crippen molar-refractivity contribution < 1.29 is 14.3 Å². The number of amides is 1. The highest BCUT2D eigenvalue weighted by molar-refractivity contribution is 5.96. The van der Waals surface area contributed by atoms with Gasteiger partial charge >= 0.3 is 0 Å². The van der Waals surface area contributed by atoms with Gasteiger partial charge in [-0.15, -0.1) is 0 Å². The summed E-state index contributed by atoms with van der Waals surface area (Å²) < 4.78 is 5.10. The molecule has 0 spiro atoms. The second-order valence-electron chi connectivity index (χ2n) is 6.98. The molecule has 0 aromatic heterocycles. The largest absolute Gasteiger partial charge is 0.497 e. The molecule has 0 bridgehead atoms. The Hall–Kier alpha value is -2.66. The third kappa shape index (κ3) is 4.74. The van der Waals surface area contributed by atoms with Crippen LogP contribution in [0.4, 0.5) is 0 Å². The number of carbonyl (C=O) groups excluding carboxylic acids is 2. The van der Waals surface area contributed by atoms with E-state index in [4.69, 9.17) is 10.5 Å². The van der Waals surface area contributed by atoms with Crippen LogP contribution in [0.1, 0.15) is 41.1 Å². The van der Waals surface area contributed by atoms with Crippen molar-refractivity contribution in [2.75, 3.05) is 20.2 Å². The van der Waals surface area contributed by atoms with Gasteiger partial charge < -0.3 is 15.4 Å². The molecular formula is C22H26N2O3. The number of ether oxygens (including phenoxy) is 1. The van der Waals surface area contributed by atoms with Gasteiger partial charge in [0.2, 0.25) is 5.91 Å². The van der Waals surface area contributed by atoms with E-state index in [0.717, 1.165) is 5.75 Å². The number of nitrogens with zero attached hydrogens (tertiary/aromatic N) is 1. The summed E-state index contributed by atoms with van der Waals surface area (Å²) in [5.41, 5.74) is 8.08. The molecule has 0 unspecified atom stereocenters. The van der Waals surface area contributed by atoms with Crippen LogP contribution >= 0.6 is 0 Å². The number of Topliss-reactive ketones (excluding diaryl/α,β-unsaturated/α-hetero) is 1. The standard InChI is InChI=1S/C22H26N2O3/c1-27-18-12-10-17(11-13-18)21(25)8-5-9-22(26)24-14-19(20(23)15-24)16-6-3-2-4-7-16/h2-4,6-7,10-13,19-20H,5,8-9,14-15,23H2,1H3/t19-,20+/m0/s1. The van der Waals surface area contributed by atoms with Crippen LogP contribution in [0.15, 0.2) is 54.6 Å². The van der Waals surface area contributed by atoms with E-state index in [-0.39, 0.29) is 23.7 Å². The van der Waals surface area contributed by atoms with E-state index >= 15 is 0 Å². The van der Waals surface area contributed by atoms with Gasteiger partial charge in [-0.05, 0) is 36.2 Å². The van der Waals surface area contributed by atoms with Crippen LogP contribution in [0.5, 0.6) is 5.75 Å². The zero-order valence-electron chi connectivity index (χ0n) is 15.6. The first-order valence-electron chi connectivity index (χ1n) is 9.34. The maximum Gasteiger partial charge on any atom is 0.222 e. The number of likely N-dealkylation sites (tertiary alicyclic amines) is 1. The van der Waals surface area contributed by atoms with E-state index < -0.39 is 0 Å². The lowest BCUT2D eigenvalue weighted by atomic mass is 9.95. The van der Waals surface area contributed by atoms with Crippen molar-refractivity contribution in [2.45, 2.75) is 31.2 Å². The third-order valence-corrected chi connectivity index (χ3v) is 5.15. The first kappa shape index (κ1) is 19.1. The van der Waals surface area contributed by atoms with E-state index in [1.807, 2.05) is 23.1 Å². The van der Waals surface area contributed by atoms with Gasteiger partial charge in [0.1, 0.15) is 5.75 Å². The van der Waals surface area contributed by atoms with Crippen molar-refractivity contribution in [1.82, 2.24) is 4.90 Å². The van der Waals surface area contributed by atoms with E-state index in [1.165, 1.54) is 5.56 Å². The van der Waals surface area contributed by atoms with Gasteiger partial charge in [-0.3, -0.25) is 9.59 Å². The monoisotopic (exact) mass is 366 g/mol. The summed E-state index contributed by atoms with van der Waals surface area (Å²) in [6.45, 7) is 1.22. The van der Waals surface area contributed by atoms with Gasteiger partial charge in [0.05, 0.1) is 7.11 Å². The Balaban J connectivity index is 1.47. The molecule has 1 aliphatic heterocycles. The summed E-state index contributed by atoms with van der Waals surface area (Å²) in [4.78, 5) is 26.6. The molecule has 0 radical (unpaired) electrons. The fraction of sp³-hybridized carbons (Fsp3) is 0.364. The molecule has 5 heteroatoms. The highest BCUT2D eigenvalue weighted by atomic mass is 16.5. The predicted molar refractivity (Wildman–Crippen MR) is 105 cm³/mol. The minimum absolute atomic E-state index is 0.0442.